The fourth-order valence-corrected chi connectivity index (χ4v) is 5.16. The Kier molecular flexibility index (Phi) is 4.02. The number of hydrogen-bond acceptors (Lipinski definition) is 2. The molecule has 29 heavy (non-hydrogen) atoms. The van der Waals surface area contributed by atoms with E-state index in [2.05, 4.69) is 18.0 Å². The number of carbonyl (C=O) groups is 2. The van der Waals surface area contributed by atoms with Crippen molar-refractivity contribution >= 4 is 28.4 Å². The molecule has 3 heterocycles. The number of hydrogen-bond donors (Lipinski definition) is 1. The molecule has 0 saturated carbocycles. The van der Waals surface area contributed by atoms with E-state index in [1.165, 1.54) is 0 Å². The molecular weight excluding hydrogens is 362 g/mol. The molecule has 2 aromatic carbocycles. The summed E-state index contributed by atoms with van der Waals surface area (Å²) in [5.74, 6) is -0.0929. The van der Waals surface area contributed by atoms with Crippen LogP contribution in [0.5, 0.6) is 0 Å². The van der Waals surface area contributed by atoms with Crippen LogP contribution >= 0.6 is 0 Å². The van der Waals surface area contributed by atoms with Crippen molar-refractivity contribution in [3.63, 3.8) is 0 Å². The minimum atomic E-state index is -1.11. The summed E-state index contributed by atoms with van der Waals surface area (Å²) in [5.41, 5.74) is 3.74. The molecule has 2 amide bonds. The lowest BCUT2D eigenvalue weighted by molar-refractivity contribution is -0.143. The van der Waals surface area contributed by atoms with Crippen molar-refractivity contribution in [2.45, 2.75) is 38.6 Å². The Morgan fingerprint density at radius 1 is 1.14 bits per heavy atom. The van der Waals surface area contributed by atoms with Gasteiger partial charge in [-0.15, -0.1) is 0 Å². The maximum Gasteiger partial charge on any atom is 0.263 e. The zero-order chi connectivity index (χ0) is 20.2. The van der Waals surface area contributed by atoms with Gasteiger partial charge in [-0.25, -0.2) is 0 Å². The van der Waals surface area contributed by atoms with Crippen molar-refractivity contribution < 1.29 is 9.59 Å². The van der Waals surface area contributed by atoms with Crippen LogP contribution in [-0.4, -0.2) is 34.8 Å². The van der Waals surface area contributed by atoms with E-state index in [9.17, 15) is 9.59 Å². The molecule has 1 atom stereocenters. The molecule has 0 radical (unpaired) electrons. The van der Waals surface area contributed by atoms with Gasteiger partial charge < -0.3 is 14.8 Å². The number of benzene rings is 2. The van der Waals surface area contributed by atoms with Crippen molar-refractivity contribution in [2.24, 2.45) is 0 Å². The van der Waals surface area contributed by atoms with Gasteiger partial charge in [-0.05, 0) is 30.5 Å². The summed E-state index contributed by atoms with van der Waals surface area (Å²) in [5, 5.41) is 1.14. The van der Waals surface area contributed by atoms with E-state index >= 15 is 0 Å². The second-order valence-corrected chi connectivity index (χ2v) is 7.98. The molecule has 3 aromatic rings. The molecule has 0 fully saturated rings. The lowest BCUT2D eigenvalue weighted by Gasteiger charge is -2.43. The molecule has 0 bridgehead atoms. The number of carbonyl (C=O) groups excluding carboxylic acids is 2. The Morgan fingerprint density at radius 2 is 1.90 bits per heavy atom. The number of H-pyrrole nitrogens is 1. The zero-order valence-corrected chi connectivity index (χ0v) is 16.9. The molecule has 2 aliphatic rings. The van der Waals surface area contributed by atoms with E-state index in [4.69, 9.17) is 0 Å². The van der Waals surface area contributed by atoms with Crippen molar-refractivity contribution in [3.05, 3.63) is 65.4 Å². The highest BCUT2D eigenvalue weighted by Crippen LogP contribution is 2.51. The highest BCUT2D eigenvalue weighted by molar-refractivity contribution is 6.12. The van der Waals surface area contributed by atoms with E-state index < -0.39 is 5.54 Å². The average Bonchev–Trinajstić information content (AvgIpc) is 3.22. The number of nitrogens with zero attached hydrogens (tertiary/aromatic N) is 2. The van der Waals surface area contributed by atoms with Gasteiger partial charge in [0.1, 0.15) is 0 Å². The number of para-hydroxylation sites is 2. The minimum absolute atomic E-state index is 0.0187. The predicted molar refractivity (Wildman–Crippen MR) is 114 cm³/mol. The highest BCUT2D eigenvalue weighted by Gasteiger charge is 2.59. The van der Waals surface area contributed by atoms with Crippen LogP contribution in [0.1, 0.15) is 43.5 Å². The fourth-order valence-electron chi connectivity index (χ4n) is 5.16. The number of amides is 2. The highest BCUT2D eigenvalue weighted by atomic mass is 16.2. The number of fused-ring (bicyclic) bond motifs is 6. The van der Waals surface area contributed by atoms with Crippen LogP contribution in [0, 0.1) is 0 Å². The number of aromatic amines is 1. The van der Waals surface area contributed by atoms with Crippen LogP contribution in [0.25, 0.3) is 10.9 Å². The lowest BCUT2D eigenvalue weighted by atomic mass is 9.80. The van der Waals surface area contributed by atoms with E-state index in [-0.39, 0.29) is 11.8 Å². The standard InChI is InChI=1S/C24H25N3O2/c1-3-4-14-26-21-12-8-6-10-19(21)24(23(26)29)22-18(13-15-27(24)16(2)28)17-9-5-7-11-20(17)25-22/h5-12,25H,3-4,13-15H2,1-2H3/t24-/m1/s1. The second-order valence-electron chi connectivity index (χ2n) is 7.98. The molecule has 5 heteroatoms. The van der Waals surface area contributed by atoms with Crippen LogP contribution in [0.4, 0.5) is 5.69 Å². The van der Waals surface area contributed by atoms with Gasteiger partial charge in [0.05, 0.1) is 11.4 Å². The Hall–Kier alpha value is -3.08. The summed E-state index contributed by atoms with van der Waals surface area (Å²) in [6.07, 6.45) is 2.67. The Labute approximate surface area is 170 Å². The summed E-state index contributed by atoms with van der Waals surface area (Å²) in [4.78, 5) is 34.1. The van der Waals surface area contributed by atoms with Crippen LogP contribution < -0.4 is 4.90 Å². The Bertz CT molecular complexity index is 1130. The maximum atomic E-state index is 14.1. The van der Waals surface area contributed by atoms with Gasteiger partial charge in [-0.3, -0.25) is 9.59 Å². The first kappa shape index (κ1) is 18.0. The number of anilines is 1. The number of aromatic nitrogens is 1. The van der Waals surface area contributed by atoms with Crippen LogP contribution in [0.3, 0.4) is 0 Å². The minimum Gasteiger partial charge on any atom is -0.355 e. The van der Waals surface area contributed by atoms with E-state index in [0.29, 0.717) is 13.1 Å². The molecule has 1 aromatic heterocycles. The molecule has 148 valence electrons. The van der Waals surface area contributed by atoms with Crippen molar-refractivity contribution in [3.8, 4) is 0 Å². The van der Waals surface area contributed by atoms with E-state index in [0.717, 1.165) is 52.7 Å². The molecule has 5 nitrogen and oxygen atoms in total. The SMILES string of the molecule is CCCCN1C(=O)[C@@]2(c3ccccc31)c1[nH]c3ccccc3c1CCN2C(C)=O. The van der Waals surface area contributed by atoms with Crippen molar-refractivity contribution in [1.82, 2.24) is 9.88 Å². The Morgan fingerprint density at radius 3 is 2.69 bits per heavy atom. The monoisotopic (exact) mass is 387 g/mol. The van der Waals surface area contributed by atoms with E-state index in [1.807, 2.05) is 47.4 Å². The molecule has 0 aliphatic carbocycles. The molecule has 0 saturated heterocycles. The first-order valence-corrected chi connectivity index (χ1v) is 10.4. The predicted octanol–water partition coefficient (Wildman–Crippen LogP) is 3.96. The largest absolute Gasteiger partial charge is 0.355 e. The summed E-state index contributed by atoms with van der Waals surface area (Å²) >= 11 is 0. The molecule has 0 unspecified atom stereocenters. The lowest BCUT2D eigenvalue weighted by Crippen LogP contribution is -2.58. The molecule has 1 spiro atoms. The maximum absolute atomic E-state index is 14.1. The topological polar surface area (TPSA) is 56.4 Å². The van der Waals surface area contributed by atoms with Crippen molar-refractivity contribution in [2.75, 3.05) is 18.0 Å². The average molecular weight is 387 g/mol. The first-order chi connectivity index (χ1) is 14.1. The van der Waals surface area contributed by atoms with Crippen LogP contribution in [0.15, 0.2) is 48.5 Å². The third-order valence-corrected chi connectivity index (χ3v) is 6.42. The smallest absolute Gasteiger partial charge is 0.263 e. The van der Waals surface area contributed by atoms with Gasteiger partial charge in [-0.2, -0.15) is 0 Å². The Balaban J connectivity index is 1.83. The van der Waals surface area contributed by atoms with Gasteiger partial charge >= 0.3 is 0 Å². The quantitative estimate of drug-likeness (QED) is 0.739. The first-order valence-electron chi connectivity index (χ1n) is 10.4. The van der Waals surface area contributed by atoms with Crippen molar-refractivity contribution in [1.29, 1.82) is 0 Å². The normalized spacial score (nSPS) is 20.4. The number of nitrogens with one attached hydrogen (secondary N) is 1. The molecular formula is C24H25N3O2. The summed E-state index contributed by atoms with van der Waals surface area (Å²) in [6.45, 7) is 4.89. The molecule has 1 N–H and O–H groups in total. The van der Waals surface area contributed by atoms with Gasteiger partial charge in [0.25, 0.3) is 5.91 Å². The second kappa shape index (κ2) is 6.48. The molecule has 2 aliphatic heterocycles. The van der Waals surface area contributed by atoms with Crippen LogP contribution in [0.2, 0.25) is 0 Å². The van der Waals surface area contributed by atoms with Gasteiger partial charge in [0.15, 0.2) is 5.54 Å². The fraction of sp³-hybridized carbons (Fsp3) is 0.333. The third kappa shape index (κ3) is 2.27. The third-order valence-electron chi connectivity index (χ3n) is 6.42. The zero-order valence-electron chi connectivity index (χ0n) is 16.9. The summed E-state index contributed by atoms with van der Waals surface area (Å²) in [6, 6.07) is 16.1. The molecule has 5 rings (SSSR count). The van der Waals surface area contributed by atoms with Gasteiger partial charge in [0, 0.05) is 36.5 Å². The van der Waals surface area contributed by atoms with Crippen LogP contribution in [-0.2, 0) is 21.5 Å². The number of rotatable bonds is 3. The summed E-state index contributed by atoms with van der Waals surface area (Å²) in [7, 11) is 0. The summed E-state index contributed by atoms with van der Waals surface area (Å²) < 4.78 is 0. The van der Waals surface area contributed by atoms with Gasteiger partial charge in [0.2, 0.25) is 5.91 Å². The number of unbranched alkanes of at least 4 members (excludes halogenated alkanes) is 1. The van der Waals surface area contributed by atoms with E-state index in [1.54, 1.807) is 11.8 Å². The van der Waals surface area contributed by atoms with Gasteiger partial charge in [-0.1, -0.05) is 49.7 Å².